The van der Waals surface area contributed by atoms with Gasteiger partial charge in [0.05, 0.1) is 23.5 Å². The molecule has 10 heteroatoms. The van der Waals surface area contributed by atoms with Crippen LogP contribution in [0.15, 0.2) is 65.8 Å². The largest absolute Gasteiger partial charge is 0.490 e. The Morgan fingerprint density at radius 1 is 1.03 bits per heavy atom. The highest BCUT2D eigenvalue weighted by Gasteiger charge is 2.15. The van der Waals surface area contributed by atoms with E-state index in [2.05, 4.69) is 15.8 Å². The number of rotatable bonds is 8. The van der Waals surface area contributed by atoms with Crippen molar-refractivity contribution in [3.8, 4) is 11.5 Å². The maximum atomic E-state index is 13.6. The van der Waals surface area contributed by atoms with Crippen molar-refractivity contribution in [3.63, 3.8) is 0 Å². The van der Waals surface area contributed by atoms with Crippen molar-refractivity contribution < 1.29 is 23.5 Å². The minimum absolute atomic E-state index is 0.117. The van der Waals surface area contributed by atoms with Crippen LogP contribution in [0.5, 0.6) is 11.5 Å². The third-order valence-corrected chi connectivity index (χ3v) is 4.87. The molecule has 0 aromatic heterocycles. The molecule has 3 aromatic rings. The van der Waals surface area contributed by atoms with Gasteiger partial charge in [-0.25, -0.2) is 9.82 Å². The van der Waals surface area contributed by atoms with Crippen molar-refractivity contribution in [3.05, 3.63) is 87.7 Å². The van der Waals surface area contributed by atoms with Crippen LogP contribution in [0.2, 0.25) is 10.0 Å². The van der Waals surface area contributed by atoms with Gasteiger partial charge in [0.1, 0.15) is 12.4 Å². The quantitative estimate of drug-likeness (QED) is 0.251. The summed E-state index contributed by atoms with van der Waals surface area (Å²) in [6.45, 7) is 2.42. The number of halogens is 3. The number of nitrogens with one attached hydrogen (secondary N) is 2. The zero-order valence-electron chi connectivity index (χ0n) is 18.0. The lowest BCUT2D eigenvalue weighted by molar-refractivity contribution is -0.136. The number of anilines is 1. The summed E-state index contributed by atoms with van der Waals surface area (Å²) in [5.74, 6) is -2.07. The van der Waals surface area contributed by atoms with Crippen LogP contribution in [0.25, 0.3) is 0 Å². The van der Waals surface area contributed by atoms with Gasteiger partial charge in [0.25, 0.3) is 0 Å². The van der Waals surface area contributed by atoms with Crippen LogP contribution in [0.1, 0.15) is 18.1 Å². The Kier molecular flexibility index (Phi) is 8.84. The van der Waals surface area contributed by atoms with Gasteiger partial charge in [-0.2, -0.15) is 5.10 Å². The number of carbonyl (C=O) groups is 2. The van der Waals surface area contributed by atoms with Gasteiger partial charge in [0.2, 0.25) is 0 Å². The fourth-order valence-electron chi connectivity index (χ4n) is 2.76. The molecule has 0 aliphatic carbocycles. The lowest BCUT2D eigenvalue weighted by atomic mass is 10.2. The first kappa shape index (κ1) is 25.0. The normalized spacial score (nSPS) is 10.7. The number of carbonyl (C=O) groups excluding carboxylic acids is 2. The topological polar surface area (TPSA) is 89.0 Å². The Labute approximate surface area is 205 Å². The summed E-state index contributed by atoms with van der Waals surface area (Å²) in [7, 11) is 0. The molecular formula is C24H20Cl2FN3O4. The lowest BCUT2D eigenvalue weighted by Gasteiger charge is -2.14. The molecule has 34 heavy (non-hydrogen) atoms. The van der Waals surface area contributed by atoms with Gasteiger partial charge in [-0.05, 0) is 54.4 Å². The van der Waals surface area contributed by atoms with E-state index in [1.807, 2.05) is 19.1 Å². The zero-order valence-corrected chi connectivity index (χ0v) is 19.5. The summed E-state index contributed by atoms with van der Waals surface area (Å²) in [6.07, 6.45) is 1.28. The second-order valence-corrected chi connectivity index (χ2v) is 7.65. The Balaban J connectivity index is 1.65. The Morgan fingerprint density at radius 2 is 1.76 bits per heavy atom. The maximum Gasteiger partial charge on any atom is 0.329 e. The van der Waals surface area contributed by atoms with Crippen LogP contribution in [0, 0.1) is 5.82 Å². The fourth-order valence-corrected chi connectivity index (χ4v) is 3.16. The van der Waals surface area contributed by atoms with E-state index in [4.69, 9.17) is 32.7 Å². The van der Waals surface area contributed by atoms with Gasteiger partial charge in [0, 0.05) is 5.02 Å². The number of hydrogen-bond acceptors (Lipinski definition) is 5. The predicted octanol–water partition coefficient (Wildman–Crippen LogP) is 5.20. The number of benzene rings is 3. The first-order chi connectivity index (χ1) is 16.4. The Hall–Kier alpha value is -3.62. The Morgan fingerprint density at radius 3 is 2.47 bits per heavy atom. The van der Waals surface area contributed by atoms with Gasteiger partial charge in [-0.3, -0.25) is 9.59 Å². The number of hydrogen-bond donors (Lipinski definition) is 2. The number of nitrogens with zero attached hydrogens (tertiary/aromatic N) is 1. The van der Waals surface area contributed by atoms with E-state index in [0.717, 1.165) is 11.6 Å². The van der Waals surface area contributed by atoms with Crippen LogP contribution >= 0.6 is 23.2 Å². The average Bonchev–Trinajstić information content (AvgIpc) is 2.81. The highest BCUT2D eigenvalue weighted by atomic mass is 35.5. The van der Waals surface area contributed by atoms with E-state index in [0.29, 0.717) is 28.7 Å². The molecule has 0 atom stereocenters. The fraction of sp³-hybridized carbons (Fsp3) is 0.125. The molecule has 0 aliphatic rings. The van der Waals surface area contributed by atoms with Gasteiger partial charge in [-0.1, -0.05) is 47.5 Å². The third-order valence-electron chi connectivity index (χ3n) is 4.34. The van der Waals surface area contributed by atoms with E-state index >= 15 is 0 Å². The summed E-state index contributed by atoms with van der Waals surface area (Å²) in [5, 5.41) is 6.81. The minimum Gasteiger partial charge on any atom is -0.490 e. The highest BCUT2D eigenvalue weighted by Crippen LogP contribution is 2.37. The van der Waals surface area contributed by atoms with Crippen LogP contribution in [0.3, 0.4) is 0 Å². The first-order valence-corrected chi connectivity index (χ1v) is 10.9. The van der Waals surface area contributed by atoms with E-state index < -0.39 is 17.6 Å². The summed E-state index contributed by atoms with van der Waals surface area (Å²) in [4.78, 5) is 23.9. The maximum absolute atomic E-state index is 13.6. The number of hydrazone groups is 1. The van der Waals surface area contributed by atoms with Crippen LogP contribution in [-0.4, -0.2) is 24.6 Å². The van der Waals surface area contributed by atoms with Crippen LogP contribution in [-0.2, 0) is 16.2 Å². The molecule has 0 bridgehead atoms. The molecule has 7 nitrogen and oxygen atoms in total. The number of amides is 2. The SMILES string of the molecule is CCOc1cc(/C=N\NC(=O)C(=O)Nc2ccccc2F)cc(Cl)c1OCc1ccc(Cl)cc1. The molecule has 0 radical (unpaired) electrons. The molecule has 0 unspecified atom stereocenters. The molecule has 2 N–H and O–H groups in total. The lowest BCUT2D eigenvalue weighted by Crippen LogP contribution is -2.32. The molecule has 3 rings (SSSR count). The summed E-state index contributed by atoms with van der Waals surface area (Å²) in [6, 6.07) is 15.9. The molecule has 0 aliphatic heterocycles. The monoisotopic (exact) mass is 503 g/mol. The van der Waals surface area contributed by atoms with E-state index in [1.54, 1.807) is 24.3 Å². The second-order valence-electron chi connectivity index (χ2n) is 6.81. The van der Waals surface area contributed by atoms with Crippen LogP contribution in [0.4, 0.5) is 10.1 Å². The van der Waals surface area contributed by atoms with Crippen molar-refractivity contribution in [1.82, 2.24) is 5.43 Å². The zero-order chi connectivity index (χ0) is 24.5. The highest BCUT2D eigenvalue weighted by molar-refractivity contribution is 6.39. The van der Waals surface area contributed by atoms with Gasteiger partial charge in [0.15, 0.2) is 11.5 Å². The molecule has 3 aromatic carbocycles. The van der Waals surface area contributed by atoms with Crippen molar-refractivity contribution in [1.29, 1.82) is 0 Å². The van der Waals surface area contributed by atoms with Crippen LogP contribution < -0.4 is 20.2 Å². The Bertz CT molecular complexity index is 1200. The molecule has 0 heterocycles. The first-order valence-electron chi connectivity index (χ1n) is 10.1. The van der Waals surface area contributed by atoms with E-state index in [9.17, 15) is 14.0 Å². The molecule has 0 fully saturated rings. The second kappa shape index (κ2) is 12.0. The summed E-state index contributed by atoms with van der Waals surface area (Å²) in [5.41, 5.74) is 3.34. The van der Waals surface area contributed by atoms with Crippen molar-refractivity contribution in [2.24, 2.45) is 5.10 Å². The van der Waals surface area contributed by atoms with E-state index in [1.165, 1.54) is 24.4 Å². The molecular weight excluding hydrogens is 484 g/mol. The van der Waals surface area contributed by atoms with E-state index in [-0.39, 0.29) is 17.3 Å². The molecule has 0 saturated heterocycles. The molecule has 2 amide bonds. The summed E-state index contributed by atoms with van der Waals surface area (Å²) < 4.78 is 25.1. The van der Waals surface area contributed by atoms with Crippen molar-refractivity contribution in [2.45, 2.75) is 13.5 Å². The summed E-state index contributed by atoms with van der Waals surface area (Å²) >= 11 is 12.3. The minimum atomic E-state index is -1.07. The van der Waals surface area contributed by atoms with Gasteiger partial charge >= 0.3 is 11.8 Å². The van der Waals surface area contributed by atoms with Crippen molar-refractivity contribution in [2.75, 3.05) is 11.9 Å². The molecule has 0 spiro atoms. The predicted molar refractivity (Wildman–Crippen MR) is 129 cm³/mol. The van der Waals surface area contributed by atoms with Gasteiger partial charge in [-0.15, -0.1) is 0 Å². The average molecular weight is 504 g/mol. The third kappa shape index (κ3) is 6.94. The molecule has 176 valence electrons. The standard InChI is InChI=1S/C24H20Cl2FN3O4/c1-2-33-21-12-16(11-18(26)22(21)34-14-15-7-9-17(25)10-8-15)13-28-30-24(32)23(31)29-20-6-4-3-5-19(20)27/h3-13H,2,14H2,1H3,(H,29,31)(H,30,32)/b28-13-. The van der Waals surface area contributed by atoms with Crippen molar-refractivity contribution >= 4 is 46.9 Å². The number of ether oxygens (including phenoxy) is 2. The van der Waals surface area contributed by atoms with Gasteiger partial charge < -0.3 is 14.8 Å². The number of para-hydroxylation sites is 1. The molecule has 0 saturated carbocycles. The smallest absolute Gasteiger partial charge is 0.329 e.